The van der Waals surface area contributed by atoms with Crippen molar-refractivity contribution in [1.29, 1.82) is 0 Å². The normalized spacial score (nSPS) is 24.6. The Morgan fingerprint density at radius 1 is 1.48 bits per heavy atom. The van der Waals surface area contributed by atoms with Crippen molar-refractivity contribution in [2.45, 2.75) is 38.1 Å². The van der Waals surface area contributed by atoms with Crippen molar-refractivity contribution in [1.82, 2.24) is 20.7 Å². The van der Waals surface area contributed by atoms with Gasteiger partial charge in [-0.05, 0) is 53.6 Å². The first-order valence-corrected chi connectivity index (χ1v) is 8.51. The fraction of sp³-hybridized carbons (Fsp3) is 0.500. The van der Waals surface area contributed by atoms with Crippen LogP contribution in [0.1, 0.15) is 32.6 Å². The summed E-state index contributed by atoms with van der Waals surface area (Å²) >= 11 is 0. The van der Waals surface area contributed by atoms with Crippen molar-refractivity contribution < 1.29 is 24.0 Å². The SMILES string of the molecule is CC1CCC2(CC1)NC(=O)N(NC(=O)COc1cccnc1[N+](=O)[O-])C2=O. The Labute approximate surface area is 154 Å². The van der Waals surface area contributed by atoms with Crippen molar-refractivity contribution >= 4 is 23.7 Å². The zero-order valence-electron chi connectivity index (χ0n) is 14.6. The minimum atomic E-state index is -0.972. The Hall–Kier alpha value is -3.24. The van der Waals surface area contributed by atoms with Crippen LogP contribution in [0.3, 0.4) is 0 Å². The highest BCUT2D eigenvalue weighted by molar-refractivity contribution is 6.08. The monoisotopic (exact) mass is 377 g/mol. The first kappa shape index (κ1) is 18.5. The molecule has 4 amide bonds. The second-order valence-electron chi connectivity index (χ2n) is 6.74. The van der Waals surface area contributed by atoms with Gasteiger partial charge in [-0.1, -0.05) is 6.92 Å². The van der Waals surface area contributed by atoms with Crippen LogP contribution in [-0.2, 0) is 9.59 Å². The number of nitrogens with zero attached hydrogens (tertiary/aromatic N) is 3. The van der Waals surface area contributed by atoms with Gasteiger partial charge in [-0.3, -0.25) is 15.0 Å². The number of carbonyl (C=O) groups excluding carboxylic acids is 3. The summed E-state index contributed by atoms with van der Waals surface area (Å²) in [5.74, 6) is -1.53. The molecule has 1 aromatic heterocycles. The largest absolute Gasteiger partial charge is 0.476 e. The van der Waals surface area contributed by atoms with Gasteiger partial charge < -0.3 is 20.2 Å². The van der Waals surface area contributed by atoms with Crippen molar-refractivity contribution in [3.05, 3.63) is 28.4 Å². The van der Waals surface area contributed by atoms with Crippen molar-refractivity contribution in [2.75, 3.05) is 6.61 Å². The summed E-state index contributed by atoms with van der Waals surface area (Å²) in [5, 5.41) is 14.2. The quantitative estimate of drug-likeness (QED) is 0.441. The number of ether oxygens (including phenoxy) is 1. The number of rotatable bonds is 5. The average Bonchev–Trinajstić information content (AvgIpc) is 2.87. The lowest BCUT2D eigenvalue weighted by atomic mass is 9.77. The van der Waals surface area contributed by atoms with Crippen molar-refractivity contribution in [2.24, 2.45) is 5.92 Å². The number of urea groups is 1. The third-order valence-electron chi connectivity index (χ3n) is 4.81. The Kier molecular flexibility index (Phi) is 4.93. The number of hydrogen-bond acceptors (Lipinski definition) is 7. The molecule has 1 aromatic rings. The molecular formula is C16H19N5O6. The summed E-state index contributed by atoms with van der Waals surface area (Å²) < 4.78 is 5.11. The molecular weight excluding hydrogens is 358 g/mol. The zero-order valence-corrected chi connectivity index (χ0v) is 14.6. The van der Waals surface area contributed by atoms with Crippen LogP contribution in [0.5, 0.6) is 5.75 Å². The molecule has 1 spiro atoms. The van der Waals surface area contributed by atoms with Gasteiger partial charge in [0.1, 0.15) is 11.7 Å². The maximum absolute atomic E-state index is 12.6. The van der Waals surface area contributed by atoms with Gasteiger partial charge in [0, 0.05) is 0 Å². The average molecular weight is 377 g/mol. The Morgan fingerprint density at radius 3 is 2.85 bits per heavy atom. The van der Waals surface area contributed by atoms with Gasteiger partial charge in [0.05, 0.1) is 0 Å². The lowest BCUT2D eigenvalue weighted by molar-refractivity contribution is -0.390. The fourth-order valence-corrected chi connectivity index (χ4v) is 3.25. The highest BCUT2D eigenvalue weighted by Gasteiger charge is 2.52. The van der Waals surface area contributed by atoms with E-state index < -0.39 is 40.7 Å². The predicted molar refractivity (Wildman–Crippen MR) is 90.3 cm³/mol. The van der Waals surface area contributed by atoms with Crippen LogP contribution < -0.4 is 15.5 Å². The number of hydrogen-bond donors (Lipinski definition) is 2. The lowest BCUT2D eigenvalue weighted by Crippen LogP contribution is -2.52. The van der Waals surface area contributed by atoms with Crippen LogP contribution in [0, 0.1) is 16.0 Å². The topological polar surface area (TPSA) is 144 Å². The standard InChI is InChI=1S/C16H19N5O6/c1-10-4-6-16(7-5-10)14(23)20(15(24)18-16)19-12(22)9-27-11-3-2-8-17-13(11)21(25)26/h2-3,8,10H,4-7,9H2,1H3,(H,18,24)(H,19,22). The number of pyridine rings is 1. The summed E-state index contributed by atoms with van der Waals surface area (Å²) in [6.07, 6.45) is 3.87. The van der Waals surface area contributed by atoms with Crippen LogP contribution in [0.2, 0.25) is 0 Å². The lowest BCUT2D eigenvalue weighted by Gasteiger charge is -2.33. The van der Waals surface area contributed by atoms with Crippen LogP contribution in [0.15, 0.2) is 18.3 Å². The molecule has 3 rings (SSSR count). The minimum absolute atomic E-state index is 0.187. The first-order valence-electron chi connectivity index (χ1n) is 8.51. The van der Waals surface area contributed by atoms with E-state index in [-0.39, 0.29) is 5.75 Å². The molecule has 11 nitrogen and oxygen atoms in total. The molecule has 0 atom stereocenters. The van der Waals surface area contributed by atoms with Gasteiger partial charge >= 0.3 is 11.8 Å². The number of amides is 4. The third-order valence-corrected chi connectivity index (χ3v) is 4.81. The molecule has 0 radical (unpaired) electrons. The highest BCUT2D eigenvalue weighted by atomic mass is 16.6. The van der Waals surface area contributed by atoms with Gasteiger partial charge in [0.15, 0.2) is 6.61 Å². The van der Waals surface area contributed by atoms with Gasteiger partial charge in [0.25, 0.3) is 11.8 Å². The van der Waals surface area contributed by atoms with Crippen LogP contribution >= 0.6 is 0 Å². The van der Waals surface area contributed by atoms with E-state index in [1.807, 2.05) is 0 Å². The highest BCUT2D eigenvalue weighted by Crippen LogP contribution is 2.35. The van der Waals surface area contributed by atoms with Gasteiger partial charge in [0.2, 0.25) is 5.75 Å². The third kappa shape index (κ3) is 3.66. The number of nitrogens with one attached hydrogen (secondary N) is 2. The van der Waals surface area contributed by atoms with E-state index >= 15 is 0 Å². The maximum atomic E-state index is 12.6. The Bertz CT molecular complexity index is 789. The van der Waals surface area contributed by atoms with E-state index in [1.165, 1.54) is 18.3 Å². The molecule has 27 heavy (non-hydrogen) atoms. The Morgan fingerprint density at radius 2 is 2.19 bits per heavy atom. The molecule has 0 bridgehead atoms. The van der Waals surface area contributed by atoms with Crippen LogP contribution in [0.25, 0.3) is 0 Å². The number of carbonyl (C=O) groups is 3. The molecule has 1 aliphatic carbocycles. The van der Waals surface area contributed by atoms with Crippen LogP contribution in [0.4, 0.5) is 10.6 Å². The smallest absolute Gasteiger partial charge is 0.406 e. The number of imide groups is 1. The second kappa shape index (κ2) is 7.17. The first-order chi connectivity index (χ1) is 12.8. The number of nitro groups is 1. The van der Waals surface area contributed by atoms with Crippen LogP contribution in [-0.4, -0.2) is 44.9 Å². The number of hydrazine groups is 1. The van der Waals surface area contributed by atoms with E-state index in [2.05, 4.69) is 22.7 Å². The molecule has 2 aliphatic rings. The molecule has 1 saturated heterocycles. The summed E-state index contributed by atoms with van der Waals surface area (Å²) in [7, 11) is 0. The summed E-state index contributed by atoms with van der Waals surface area (Å²) in [6.45, 7) is 1.47. The number of aromatic nitrogens is 1. The van der Waals surface area contributed by atoms with E-state index in [0.29, 0.717) is 23.8 Å². The molecule has 0 aromatic carbocycles. The molecule has 11 heteroatoms. The van der Waals surface area contributed by atoms with E-state index in [9.17, 15) is 24.5 Å². The van der Waals surface area contributed by atoms with E-state index in [1.54, 1.807) is 0 Å². The van der Waals surface area contributed by atoms with Gasteiger partial charge in [-0.25, -0.2) is 4.79 Å². The molecule has 0 unspecified atom stereocenters. The zero-order chi connectivity index (χ0) is 19.6. The molecule has 1 aliphatic heterocycles. The molecule has 1 saturated carbocycles. The van der Waals surface area contributed by atoms with Crippen molar-refractivity contribution in [3.63, 3.8) is 0 Å². The summed E-state index contributed by atoms with van der Waals surface area (Å²) in [5.41, 5.74) is 1.23. The second-order valence-corrected chi connectivity index (χ2v) is 6.74. The maximum Gasteiger partial charge on any atom is 0.406 e. The van der Waals surface area contributed by atoms with E-state index in [0.717, 1.165) is 12.8 Å². The predicted octanol–water partition coefficient (Wildman–Crippen LogP) is 0.900. The summed E-state index contributed by atoms with van der Waals surface area (Å²) in [4.78, 5) is 50.5. The minimum Gasteiger partial charge on any atom is -0.476 e. The Balaban J connectivity index is 1.61. The van der Waals surface area contributed by atoms with Gasteiger partial charge in [-0.15, -0.1) is 0 Å². The molecule has 2 N–H and O–H groups in total. The molecule has 2 fully saturated rings. The molecule has 2 heterocycles. The summed E-state index contributed by atoms with van der Waals surface area (Å²) in [6, 6.07) is 2.02. The van der Waals surface area contributed by atoms with Crippen molar-refractivity contribution in [3.8, 4) is 5.75 Å². The molecule has 144 valence electrons. The van der Waals surface area contributed by atoms with Gasteiger partial charge in [-0.2, -0.15) is 5.01 Å². The van der Waals surface area contributed by atoms with E-state index in [4.69, 9.17) is 4.74 Å². The fourth-order valence-electron chi connectivity index (χ4n) is 3.25.